The second kappa shape index (κ2) is 8.84. The summed E-state index contributed by atoms with van der Waals surface area (Å²) < 4.78 is 0. The molecular formula is C27H29N3O. The Balaban J connectivity index is 1.34. The van der Waals surface area contributed by atoms with Crippen molar-refractivity contribution in [3.05, 3.63) is 96.1 Å². The van der Waals surface area contributed by atoms with Crippen molar-refractivity contribution in [1.82, 2.24) is 5.32 Å². The summed E-state index contributed by atoms with van der Waals surface area (Å²) in [6, 6.07) is 29.7. The van der Waals surface area contributed by atoms with Crippen molar-refractivity contribution in [2.75, 3.05) is 36.0 Å². The maximum atomic E-state index is 13.3. The van der Waals surface area contributed by atoms with E-state index in [4.69, 9.17) is 0 Å². The van der Waals surface area contributed by atoms with Crippen LogP contribution in [-0.2, 0) is 17.6 Å². The number of hydrogen-bond acceptors (Lipinski definition) is 3. The van der Waals surface area contributed by atoms with Gasteiger partial charge in [-0.1, -0.05) is 66.7 Å². The first-order valence-corrected chi connectivity index (χ1v) is 11.3. The molecule has 0 unspecified atom stereocenters. The van der Waals surface area contributed by atoms with Gasteiger partial charge in [0.25, 0.3) is 0 Å². The van der Waals surface area contributed by atoms with Gasteiger partial charge >= 0.3 is 0 Å². The van der Waals surface area contributed by atoms with Gasteiger partial charge in [-0.05, 0) is 42.2 Å². The van der Waals surface area contributed by atoms with E-state index in [9.17, 15) is 4.79 Å². The van der Waals surface area contributed by atoms with Gasteiger partial charge in [-0.2, -0.15) is 0 Å². The lowest BCUT2D eigenvalue weighted by molar-refractivity contribution is -0.125. The molecule has 1 fully saturated rings. The third kappa shape index (κ3) is 4.15. The first-order valence-electron chi connectivity index (χ1n) is 11.3. The minimum atomic E-state index is -0.0443. The van der Waals surface area contributed by atoms with Crippen molar-refractivity contribution in [3.8, 4) is 0 Å². The van der Waals surface area contributed by atoms with E-state index >= 15 is 0 Å². The minimum absolute atomic E-state index is 0.0443. The Labute approximate surface area is 184 Å². The quantitative estimate of drug-likeness (QED) is 0.691. The maximum Gasteiger partial charge on any atom is 0.225 e. The molecule has 0 aromatic heterocycles. The number of amides is 1. The molecule has 1 saturated heterocycles. The molecule has 158 valence electrons. The highest BCUT2D eigenvalue weighted by Crippen LogP contribution is 2.36. The van der Waals surface area contributed by atoms with Gasteiger partial charge in [0.2, 0.25) is 5.91 Å². The zero-order chi connectivity index (χ0) is 21.0. The molecule has 0 saturated carbocycles. The third-order valence-electron chi connectivity index (χ3n) is 6.64. The number of anilines is 2. The number of benzene rings is 3. The molecule has 2 atom stereocenters. The number of piperazine rings is 1. The normalized spacial score (nSPS) is 20.0. The molecule has 0 spiro atoms. The van der Waals surface area contributed by atoms with Crippen LogP contribution >= 0.6 is 0 Å². The van der Waals surface area contributed by atoms with Gasteiger partial charge in [0.05, 0.1) is 12.0 Å². The Bertz CT molecular complexity index is 1020. The first-order chi connectivity index (χ1) is 15.3. The van der Waals surface area contributed by atoms with Crippen LogP contribution in [0, 0.1) is 5.92 Å². The van der Waals surface area contributed by atoms with Crippen molar-refractivity contribution in [2.45, 2.75) is 18.9 Å². The van der Waals surface area contributed by atoms with Crippen LogP contribution in [0.5, 0.6) is 0 Å². The molecule has 31 heavy (non-hydrogen) atoms. The van der Waals surface area contributed by atoms with Crippen LogP contribution < -0.4 is 15.1 Å². The summed E-state index contributed by atoms with van der Waals surface area (Å²) >= 11 is 0. The highest BCUT2D eigenvalue weighted by molar-refractivity contribution is 5.82. The van der Waals surface area contributed by atoms with Crippen LogP contribution in [0.2, 0.25) is 0 Å². The second-order valence-corrected chi connectivity index (χ2v) is 8.51. The molecule has 4 heteroatoms. The van der Waals surface area contributed by atoms with E-state index in [1.165, 1.54) is 22.5 Å². The molecule has 2 aliphatic heterocycles. The van der Waals surface area contributed by atoms with Crippen LogP contribution in [0.4, 0.5) is 11.4 Å². The summed E-state index contributed by atoms with van der Waals surface area (Å²) in [5, 5.41) is 3.24. The Morgan fingerprint density at radius 3 is 2.39 bits per heavy atom. The lowest BCUT2D eigenvalue weighted by Crippen LogP contribution is -2.61. The fourth-order valence-corrected chi connectivity index (χ4v) is 5.04. The monoisotopic (exact) mass is 411 g/mol. The van der Waals surface area contributed by atoms with E-state index in [1.807, 2.05) is 18.2 Å². The average Bonchev–Trinajstić information content (AvgIpc) is 2.84. The molecule has 0 radical (unpaired) electrons. The van der Waals surface area contributed by atoms with Crippen molar-refractivity contribution in [1.29, 1.82) is 0 Å². The van der Waals surface area contributed by atoms with Crippen LogP contribution in [0.3, 0.4) is 0 Å². The van der Waals surface area contributed by atoms with Crippen LogP contribution in [0.25, 0.3) is 0 Å². The summed E-state index contributed by atoms with van der Waals surface area (Å²) in [5.41, 5.74) is 5.08. The number of fused-ring (bicyclic) bond motifs is 3. The van der Waals surface area contributed by atoms with Gasteiger partial charge in [0.15, 0.2) is 0 Å². The molecule has 5 rings (SSSR count). The zero-order valence-electron chi connectivity index (χ0n) is 17.8. The predicted octanol–water partition coefficient (Wildman–Crippen LogP) is 3.91. The highest BCUT2D eigenvalue weighted by Gasteiger charge is 2.41. The van der Waals surface area contributed by atoms with E-state index in [-0.39, 0.29) is 17.9 Å². The van der Waals surface area contributed by atoms with Crippen molar-refractivity contribution in [3.63, 3.8) is 0 Å². The molecule has 1 amide bonds. The highest BCUT2D eigenvalue weighted by atomic mass is 16.1. The Kier molecular flexibility index (Phi) is 5.61. The number of nitrogens with one attached hydrogen (secondary N) is 1. The summed E-state index contributed by atoms with van der Waals surface area (Å²) in [4.78, 5) is 18.2. The molecular weight excluding hydrogens is 382 g/mol. The maximum absolute atomic E-state index is 13.3. The standard InChI is InChI=1S/C27H29N3O/c31-27(28-16-15-21-9-3-1-4-10-21)24-19-22-11-7-8-14-25(22)30-18-17-29(20-26(24)30)23-12-5-2-6-13-23/h1-14,24,26H,15-20H2,(H,28,31)/t24-,26+/m0/s1. The number of hydrogen-bond donors (Lipinski definition) is 1. The van der Waals surface area contributed by atoms with E-state index in [0.29, 0.717) is 6.54 Å². The first kappa shape index (κ1) is 19.7. The van der Waals surface area contributed by atoms with E-state index in [2.05, 4.69) is 81.8 Å². The van der Waals surface area contributed by atoms with Gasteiger partial charge < -0.3 is 15.1 Å². The molecule has 2 heterocycles. The lowest BCUT2D eigenvalue weighted by Gasteiger charge is -2.49. The molecule has 3 aromatic carbocycles. The van der Waals surface area contributed by atoms with Crippen molar-refractivity contribution in [2.24, 2.45) is 5.92 Å². The van der Waals surface area contributed by atoms with E-state index < -0.39 is 0 Å². The second-order valence-electron chi connectivity index (χ2n) is 8.51. The largest absolute Gasteiger partial charge is 0.368 e. The minimum Gasteiger partial charge on any atom is -0.368 e. The van der Waals surface area contributed by atoms with Crippen LogP contribution in [-0.4, -0.2) is 38.1 Å². The average molecular weight is 412 g/mol. The molecule has 4 nitrogen and oxygen atoms in total. The fourth-order valence-electron chi connectivity index (χ4n) is 5.04. The fraction of sp³-hybridized carbons (Fsp3) is 0.296. The molecule has 0 aliphatic carbocycles. The van der Waals surface area contributed by atoms with E-state index in [0.717, 1.165) is 32.5 Å². The number of rotatable bonds is 5. The van der Waals surface area contributed by atoms with Crippen LogP contribution in [0.1, 0.15) is 11.1 Å². The van der Waals surface area contributed by atoms with Gasteiger partial charge in [-0.3, -0.25) is 4.79 Å². The summed E-state index contributed by atoms with van der Waals surface area (Å²) in [6.07, 6.45) is 1.66. The molecule has 3 aromatic rings. The third-order valence-corrected chi connectivity index (χ3v) is 6.64. The van der Waals surface area contributed by atoms with Crippen molar-refractivity contribution < 1.29 is 4.79 Å². The molecule has 0 bridgehead atoms. The van der Waals surface area contributed by atoms with Gasteiger partial charge in [-0.25, -0.2) is 0 Å². The smallest absolute Gasteiger partial charge is 0.225 e. The Hall–Kier alpha value is -3.27. The Morgan fingerprint density at radius 2 is 1.58 bits per heavy atom. The number of para-hydroxylation sites is 2. The topological polar surface area (TPSA) is 35.6 Å². The van der Waals surface area contributed by atoms with Gasteiger partial charge in [-0.15, -0.1) is 0 Å². The number of carbonyl (C=O) groups excluding carboxylic acids is 1. The van der Waals surface area contributed by atoms with Gasteiger partial charge in [0, 0.05) is 37.6 Å². The van der Waals surface area contributed by atoms with Crippen LogP contribution in [0.15, 0.2) is 84.9 Å². The summed E-state index contributed by atoms with van der Waals surface area (Å²) in [7, 11) is 0. The zero-order valence-corrected chi connectivity index (χ0v) is 17.8. The number of carbonyl (C=O) groups is 1. The van der Waals surface area contributed by atoms with Crippen molar-refractivity contribution >= 4 is 17.3 Å². The lowest BCUT2D eigenvalue weighted by atomic mass is 9.83. The summed E-state index contributed by atoms with van der Waals surface area (Å²) in [6.45, 7) is 3.45. The Morgan fingerprint density at radius 1 is 0.871 bits per heavy atom. The summed E-state index contributed by atoms with van der Waals surface area (Å²) in [5.74, 6) is 0.132. The molecule has 2 aliphatic rings. The number of nitrogens with zero attached hydrogens (tertiary/aromatic N) is 2. The van der Waals surface area contributed by atoms with E-state index in [1.54, 1.807) is 0 Å². The van der Waals surface area contributed by atoms with Gasteiger partial charge in [0.1, 0.15) is 0 Å². The SMILES string of the molecule is O=C(NCCc1ccccc1)[C@H]1Cc2ccccc2N2CCN(c3ccccc3)C[C@H]12. The predicted molar refractivity (Wildman–Crippen MR) is 127 cm³/mol. The molecule has 1 N–H and O–H groups in total.